The van der Waals surface area contributed by atoms with Crippen LogP contribution in [0.5, 0.6) is 5.75 Å². The Morgan fingerprint density at radius 3 is 2.46 bits per heavy atom. The molecule has 0 saturated heterocycles. The number of aromatic nitrogens is 2. The van der Waals surface area contributed by atoms with Gasteiger partial charge < -0.3 is 14.0 Å². The second-order valence-electron chi connectivity index (χ2n) is 8.60. The molecule has 0 atom stereocenters. The molecular weight excluding hydrogens is 477 g/mol. The number of benzene rings is 2. The van der Waals surface area contributed by atoms with E-state index in [1.54, 1.807) is 20.8 Å². The summed E-state index contributed by atoms with van der Waals surface area (Å²) in [5, 5.41) is 1.63. The summed E-state index contributed by atoms with van der Waals surface area (Å²) >= 11 is 1.46. The number of aryl methyl sites for hydroxylation is 1. The Morgan fingerprint density at radius 2 is 1.80 bits per heavy atom. The SMILES string of the molecule is CCOC(=O)C(C)(C)Oc1ccc2c(ccn2Cc2sc(-c3ccc(C(F)(F)F)cc3)nc2C)c1. The van der Waals surface area contributed by atoms with Crippen molar-refractivity contribution in [1.29, 1.82) is 0 Å². The van der Waals surface area contributed by atoms with Gasteiger partial charge in [-0.2, -0.15) is 13.2 Å². The summed E-state index contributed by atoms with van der Waals surface area (Å²) in [6.45, 7) is 7.84. The Hall–Kier alpha value is -3.33. The molecule has 2 heterocycles. The molecule has 0 saturated carbocycles. The Kier molecular flexibility index (Phi) is 6.64. The van der Waals surface area contributed by atoms with Crippen LogP contribution in [0.25, 0.3) is 21.5 Å². The van der Waals surface area contributed by atoms with Gasteiger partial charge in [0.25, 0.3) is 0 Å². The average molecular weight is 503 g/mol. The number of rotatable bonds is 7. The van der Waals surface area contributed by atoms with Crippen molar-refractivity contribution >= 4 is 28.2 Å². The van der Waals surface area contributed by atoms with E-state index in [0.29, 0.717) is 22.9 Å². The molecule has 0 fully saturated rings. The molecule has 0 N–H and O–H groups in total. The summed E-state index contributed by atoms with van der Waals surface area (Å²) in [6, 6.07) is 12.6. The predicted octanol–water partition coefficient (Wildman–Crippen LogP) is 6.86. The summed E-state index contributed by atoms with van der Waals surface area (Å²) in [7, 11) is 0. The van der Waals surface area contributed by atoms with E-state index in [4.69, 9.17) is 9.47 Å². The zero-order valence-electron chi connectivity index (χ0n) is 19.8. The van der Waals surface area contributed by atoms with Crippen molar-refractivity contribution in [1.82, 2.24) is 9.55 Å². The molecule has 184 valence electrons. The van der Waals surface area contributed by atoms with Crippen molar-refractivity contribution in [2.75, 3.05) is 6.61 Å². The topological polar surface area (TPSA) is 53.4 Å². The van der Waals surface area contributed by atoms with E-state index in [9.17, 15) is 18.0 Å². The average Bonchev–Trinajstić information content (AvgIpc) is 3.36. The Balaban J connectivity index is 1.53. The maximum atomic E-state index is 12.9. The second kappa shape index (κ2) is 9.37. The molecule has 0 unspecified atom stereocenters. The van der Waals surface area contributed by atoms with Crippen LogP contribution in [-0.4, -0.2) is 27.7 Å². The summed E-state index contributed by atoms with van der Waals surface area (Å²) in [6.07, 6.45) is -2.40. The van der Waals surface area contributed by atoms with E-state index in [-0.39, 0.29) is 6.61 Å². The largest absolute Gasteiger partial charge is 0.476 e. The van der Waals surface area contributed by atoms with Gasteiger partial charge in [0.2, 0.25) is 0 Å². The molecule has 2 aromatic carbocycles. The van der Waals surface area contributed by atoms with Crippen LogP contribution in [0.4, 0.5) is 13.2 Å². The molecule has 0 aliphatic carbocycles. The maximum absolute atomic E-state index is 12.9. The van der Waals surface area contributed by atoms with E-state index >= 15 is 0 Å². The highest BCUT2D eigenvalue weighted by molar-refractivity contribution is 7.15. The summed E-state index contributed by atoms with van der Waals surface area (Å²) < 4.78 is 51.6. The van der Waals surface area contributed by atoms with Gasteiger partial charge in [0.05, 0.1) is 24.4 Å². The number of halogens is 3. The summed E-state index contributed by atoms with van der Waals surface area (Å²) in [4.78, 5) is 17.7. The van der Waals surface area contributed by atoms with Crippen molar-refractivity contribution in [3.63, 3.8) is 0 Å². The van der Waals surface area contributed by atoms with E-state index in [2.05, 4.69) is 9.55 Å². The fourth-order valence-electron chi connectivity index (χ4n) is 3.68. The molecule has 0 amide bonds. The zero-order valence-corrected chi connectivity index (χ0v) is 20.6. The van der Waals surface area contributed by atoms with Crippen molar-refractivity contribution < 1.29 is 27.4 Å². The quantitative estimate of drug-likeness (QED) is 0.259. The smallest absolute Gasteiger partial charge is 0.416 e. The molecule has 0 aliphatic heterocycles. The number of carbonyl (C=O) groups excluding carboxylic acids is 1. The third-order valence-corrected chi connectivity index (χ3v) is 6.74. The van der Waals surface area contributed by atoms with Crippen LogP contribution >= 0.6 is 11.3 Å². The van der Waals surface area contributed by atoms with E-state index in [1.165, 1.54) is 23.5 Å². The first-order chi connectivity index (χ1) is 16.5. The molecule has 9 heteroatoms. The van der Waals surface area contributed by atoms with Gasteiger partial charge in [-0.05, 0) is 64.1 Å². The fraction of sp³-hybridized carbons (Fsp3) is 0.308. The summed E-state index contributed by atoms with van der Waals surface area (Å²) in [5.74, 6) is 0.133. The third-order valence-electron chi connectivity index (χ3n) is 5.55. The summed E-state index contributed by atoms with van der Waals surface area (Å²) in [5.41, 5.74) is 0.682. The van der Waals surface area contributed by atoms with Crippen LogP contribution in [0.2, 0.25) is 0 Å². The van der Waals surface area contributed by atoms with Gasteiger partial charge in [-0.25, -0.2) is 9.78 Å². The molecule has 2 aromatic heterocycles. The van der Waals surface area contributed by atoms with Gasteiger partial charge in [0.15, 0.2) is 5.60 Å². The van der Waals surface area contributed by atoms with Crippen LogP contribution in [-0.2, 0) is 22.3 Å². The fourth-order valence-corrected chi connectivity index (χ4v) is 4.74. The van der Waals surface area contributed by atoms with Crippen molar-refractivity contribution in [3.05, 3.63) is 70.9 Å². The van der Waals surface area contributed by atoms with Crippen LogP contribution in [0.3, 0.4) is 0 Å². The predicted molar refractivity (Wildman–Crippen MR) is 130 cm³/mol. The molecule has 0 radical (unpaired) electrons. The van der Waals surface area contributed by atoms with E-state index in [0.717, 1.165) is 33.6 Å². The molecule has 0 bridgehead atoms. The van der Waals surface area contributed by atoms with Gasteiger partial charge in [-0.15, -0.1) is 11.3 Å². The number of carbonyl (C=O) groups is 1. The standard InChI is InChI=1S/C26H25F3N2O3S/c1-5-33-24(32)25(3,4)34-20-10-11-21-18(14-20)12-13-31(21)15-22-16(2)30-23(35-22)17-6-8-19(9-7-17)26(27,28)29/h6-14H,5,15H2,1-4H3. The maximum Gasteiger partial charge on any atom is 0.416 e. The molecule has 35 heavy (non-hydrogen) atoms. The lowest BCUT2D eigenvalue weighted by Crippen LogP contribution is -2.39. The lowest BCUT2D eigenvalue weighted by molar-refractivity contribution is -0.158. The molecule has 4 aromatic rings. The van der Waals surface area contributed by atoms with E-state index in [1.807, 2.05) is 37.4 Å². The first kappa shape index (κ1) is 24.8. The monoisotopic (exact) mass is 502 g/mol. The molecule has 0 aliphatic rings. The normalized spacial score (nSPS) is 12.2. The van der Waals surface area contributed by atoms with Crippen LogP contribution < -0.4 is 4.74 Å². The Morgan fingerprint density at radius 1 is 1.09 bits per heavy atom. The van der Waals surface area contributed by atoms with Gasteiger partial charge in [0, 0.05) is 27.5 Å². The molecule has 4 rings (SSSR count). The van der Waals surface area contributed by atoms with Gasteiger partial charge in [-0.3, -0.25) is 0 Å². The van der Waals surface area contributed by atoms with Crippen molar-refractivity contribution in [2.24, 2.45) is 0 Å². The second-order valence-corrected chi connectivity index (χ2v) is 9.68. The highest BCUT2D eigenvalue weighted by Crippen LogP contribution is 2.34. The minimum atomic E-state index is -4.36. The first-order valence-electron chi connectivity index (χ1n) is 11.1. The number of esters is 1. The van der Waals surface area contributed by atoms with Gasteiger partial charge in [0.1, 0.15) is 10.8 Å². The number of hydrogen-bond acceptors (Lipinski definition) is 5. The minimum absolute atomic E-state index is 0.283. The lowest BCUT2D eigenvalue weighted by Gasteiger charge is -2.24. The zero-order chi connectivity index (χ0) is 25.4. The first-order valence-corrected chi connectivity index (χ1v) is 11.9. The molecular formula is C26H25F3N2O3S. The molecule has 5 nitrogen and oxygen atoms in total. The Bertz CT molecular complexity index is 1350. The number of nitrogens with zero attached hydrogens (tertiary/aromatic N) is 2. The van der Waals surface area contributed by atoms with Crippen molar-refractivity contribution in [3.8, 4) is 16.3 Å². The van der Waals surface area contributed by atoms with Gasteiger partial charge in [-0.1, -0.05) is 12.1 Å². The van der Waals surface area contributed by atoms with Crippen LogP contribution in [0, 0.1) is 6.92 Å². The molecule has 0 spiro atoms. The number of thiazole rings is 1. The highest BCUT2D eigenvalue weighted by Gasteiger charge is 2.32. The number of ether oxygens (including phenoxy) is 2. The lowest BCUT2D eigenvalue weighted by atomic mass is 10.1. The van der Waals surface area contributed by atoms with Crippen molar-refractivity contribution in [2.45, 2.75) is 46.0 Å². The third kappa shape index (κ3) is 5.35. The van der Waals surface area contributed by atoms with Crippen LogP contribution in [0.15, 0.2) is 54.7 Å². The van der Waals surface area contributed by atoms with Crippen LogP contribution in [0.1, 0.15) is 36.9 Å². The minimum Gasteiger partial charge on any atom is -0.476 e. The number of fused-ring (bicyclic) bond motifs is 1. The van der Waals surface area contributed by atoms with E-state index < -0.39 is 23.3 Å². The number of hydrogen-bond donors (Lipinski definition) is 0. The van der Waals surface area contributed by atoms with Gasteiger partial charge >= 0.3 is 12.1 Å². The Labute approximate surface area is 205 Å². The highest BCUT2D eigenvalue weighted by atomic mass is 32.1. The number of alkyl halides is 3.